The van der Waals surface area contributed by atoms with E-state index < -0.39 is 0 Å². The van der Waals surface area contributed by atoms with Crippen LogP contribution in [-0.4, -0.2) is 17.0 Å². The summed E-state index contributed by atoms with van der Waals surface area (Å²) in [5.41, 5.74) is 1.78. The Bertz CT molecular complexity index is 448. The van der Waals surface area contributed by atoms with Crippen molar-refractivity contribution in [2.24, 2.45) is 4.99 Å². The van der Waals surface area contributed by atoms with Gasteiger partial charge in [-0.3, -0.25) is 4.99 Å². The van der Waals surface area contributed by atoms with E-state index in [0.717, 1.165) is 23.0 Å². The number of anilines is 1. The van der Waals surface area contributed by atoms with Crippen molar-refractivity contribution in [1.29, 1.82) is 0 Å². The number of amidine groups is 1. The second-order valence-electron chi connectivity index (χ2n) is 3.78. The Hall–Kier alpha value is -0.550. The van der Waals surface area contributed by atoms with Crippen LogP contribution in [0.15, 0.2) is 21.6 Å². The van der Waals surface area contributed by atoms with E-state index in [4.69, 9.17) is 0 Å². The molecule has 1 atom stereocenters. The highest BCUT2D eigenvalue weighted by atomic mass is 79.9. The number of nitrogens with zero attached hydrogens (tertiary/aromatic N) is 1. The molecule has 0 aromatic heterocycles. The predicted molar refractivity (Wildman–Crippen MR) is 71.8 cm³/mol. The first-order valence-electron chi connectivity index (χ1n) is 5.00. The Balaban J connectivity index is 2.19. The highest BCUT2D eigenvalue weighted by molar-refractivity contribution is 9.10. The first-order valence-corrected chi connectivity index (χ1v) is 6.67. The van der Waals surface area contributed by atoms with Gasteiger partial charge in [-0.25, -0.2) is 4.39 Å². The summed E-state index contributed by atoms with van der Waals surface area (Å²) in [6.07, 6.45) is 0. The molecule has 1 aliphatic rings. The highest BCUT2D eigenvalue weighted by Crippen LogP contribution is 2.27. The van der Waals surface area contributed by atoms with Crippen LogP contribution in [0.5, 0.6) is 0 Å². The van der Waals surface area contributed by atoms with E-state index in [1.807, 2.05) is 6.92 Å². The van der Waals surface area contributed by atoms with Crippen molar-refractivity contribution < 1.29 is 4.39 Å². The van der Waals surface area contributed by atoms with Crippen LogP contribution >= 0.6 is 27.7 Å². The molecule has 2 nitrogen and oxygen atoms in total. The van der Waals surface area contributed by atoms with Gasteiger partial charge in [-0.2, -0.15) is 0 Å². The van der Waals surface area contributed by atoms with Crippen LogP contribution in [0, 0.1) is 12.7 Å². The topological polar surface area (TPSA) is 24.4 Å². The van der Waals surface area contributed by atoms with E-state index in [0.29, 0.717) is 9.72 Å². The number of thioether (sulfide) groups is 1. The highest BCUT2D eigenvalue weighted by Gasteiger charge is 2.16. The number of halogens is 2. The third-order valence-electron chi connectivity index (χ3n) is 2.31. The molecule has 1 aromatic carbocycles. The molecule has 0 bridgehead atoms. The quantitative estimate of drug-likeness (QED) is 0.853. The van der Waals surface area contributed by atoms with Crippen molar-refractivity contribution in [3.8, 4) is 0 Å². The van der Waals surface area contributed by atoms with Crippen LogP contribution in [0.4, 0.5) is 10.1 Å². The maximum atomic E-state index is 13.4. The molecule has 1 aromatic rings. The molecule has 0 spiro atoms. The molecule has 86 valence electrons. The number of rotatable bonds is 1. The van der Waals surface area contributed by atoms with Crippen LogP contribution in [0.1, 0.15) is 12.5 Å². The second-order valence-corrected chi connectivity index (χ2v) is 6.06. The second kappa shape index (κ2) is 4.75. The van der Waals surface area contributed by atoms with Gasteiger partial charge in [0.25, 0.3) is 0 Å². The zero-order valence-corrected chi connectivity index (χ0v) is 11.5. The van der Waals surface area contributed by atoms with Crippen LogP contribution in [-0.2, 0) is 0 Å². The molecule has 1 heterocycles. The van der Waals surface area contributed by atoms with E-state index in [9.17, 15) is 4.39 Å². The molecule has 0 amide bonds. The van der Waals surface area contributed by atoms with E-state index >= 15 is 0 Å². The van der Waals surface area contributed by atoms with Gasteiger partial charge in [0.1, 0.15) is 5.82 Å². The number of aliphatic imine (C=N–C) groups is 1. The van der Waals surface area contributed by atoms with E-state index in [-0.39, 0.29) is 5.82 Å². The van der Waals surface area contributed by atoms with E-state index in [1.54, 1.807) is 17.8 Å². The van der Waals surface area contributed by atoms with Gasteiger partial charge in [0, 0.05) is 10.9 Å². The fourth-order valence-electron chi connectivity index (χ4n) is 1.44. The Labute approximate surface area is 107 Å². The maximum absolute atomic E-state index is 13.4. The van der Waals surface area contributed by atoms with Crippen LogP contribution in [0.3, 0.4) is 0 Å². The summed E-state index contributed by atoms with van der Waals surface area (Å²) in [6.45, 7) is 4.89. The predicted octanol–water partition coefficient (Wildman–Crippen LogP) is 3.80. The van der Waals surface area contributed by atoms with Crippen LogP contribution in [0.2, 0.25) is 0 Å². The summed E-state index contributed by atoms with van der Waals surface area (Å²) in [5.74, 6) is -0.259. The zero-order chi connectivity index (χ0) is 11.7. The van der Waals surface area contributed by atoms with Crippen molar-refractivity contribution in [3.05, 3.63) is 28.0 Å². The molecule has 1 aliphatic heterocycles. The average molecular weight is 303 g/mol. The van der Waals surface area contributed by atoms with E-state index in [1.165, 1.54) is 6.07 Å². The van der Waals surface area contributed by atoms with Crippen molar-refractivity contribution in [2.75, 3.05) is 11.9 Å². The summed E-state index contributed by atoms with van der Waals surface area (Å²) in [5, 5.41) is 4.54. The minimum absolute atomic E-state index is 0.259. The largest absolute Gasteiger partial charge is 0.335 e. The Morgan fingerprint density at radius 3 is 2.94 bits per heavy atom. The molecular formula is C11H12BrFN2S. The van der Waals surface area contributed by atoms with Gasteiger partial charge in [-0.1, -0.05) is 18.7 Å². The molecule has 0 radical (unpaired) electrons. The third kappa shape index (κ3) is 2.58. The maximum Gasteiger partial charge on any atom is 0.161 e. The molecule has 5 heteroatoms. The van der Waals surface area contributed by atoms with Gasteiger partial charge in [0.15, 0.2) is 5.17 Å². The Morgan fingerprint density at radius 2 is 2.31 bits per heavy atom. The molecule has 0 saturated carbocycles. The summed E-state index contributed by atoms with van der Waals surface area (Å²) >= 11 is 4.85. The molecule has 1 N–H and O–H groups in total. The number of hydrogen-bond acceptors (Lipinski definition) is 3. The fraction of sp³-hybridized carbons (Fsp3) is 0.364. The van der Waals surface area contributed by atoms with E-state index in [2.05, 4.69) is 33.2 Å². The lowest BCUT2D eigenvalue weighted by atomic mass is 10.2. The van der Waals surface area contributed by atoms with Gasteiger partial charge in [-0.15, -0.1) is 0 Å². The Kier molecular flexibility index (Phi) is 3.54. The van der Waals surface area contributed by atoms with Gasteiger partial charge in [0.2, 0.25) is 0 Å². The summed E-state index contributed by atoms with van der Waals surface area (Å²) < 4.78 is 13.9. The first kappa shape index (κ1) is 11.9. The smallest absolute Gasteiger partial charge is 0.161 e. The molecule has 16 heavy (non-hydrogen) atoms. The van der Waals surface area contributed by atoms with Crippen LogP contribution in [0.25, 0.3) is 0 Å². The average Bonchev–Trinajstić information content (AvgIpc) is 2.60. The number of benzene rings is 1. The number of aryl methyl sites for hydroxylation is 1. The van der Waals surface area contributed by atoms with Gasteiger partial charge in [0.05, 0.1) is 11.0 Å². The molecule has 0 fully saturated rings. The van der Waals surface area contributed by atoms with Crippen molar-refractivity contribution >= 4 is 38.5 Å². The van der Waals surface area contributed by atoms with Crippen molar-refractivity contribution in [3.63, 3.8) is 0 Å². The minimum Gasteiger partial charge on any atom is -0.335 e. The lowest BCUT2D eigenvalue weighted by Crippen LogP contribution is -2.07. The number of nitrogens with one attached hydrogen (secondary N) is 1. The molecule has 0 aliphatic carbocycles. The Morgan fingerprint density at radius 1 is 1.56 bits per heavy atom. The minimum atomic E-state index is -0.259. The molecule has 1 unspecified atom stereocenters. The van der Waals surface area contributed by atoms with Gasteiger partial charge in [-0.05, 0) is 40.5 Å². The summed E-state index contributed by atoms with van der Waals surface area (Å²) in [6, 6.07) is 3.26. The lowest BCUT2D eigenvalue weighted by molar-refractivity contribution is 0.621. The molecule has 2 rings (SSSR count). The first-order chi connectivity index (χ1) is 7.56. The summed E-state index contributed by atoms with van der Waals surface area (Å²) in [7, 11) is 0. The molecule has 0 saturated heterocycles. The number of hydrogen-bond donors (Lipinski definition) is 1. The van der Waals surface area contributed by atoms with Crippen LogP contribution < -0.4 is 5.32 Å². The molecular weight excluding hydrogens is 291 g/mol. The van der Waals surface area contributed by atoms with Crippen molar-refractivity contribution in [2.45, 2.75) is 19.1 Å². The third-order valence-corrected chi connectivity index (χ3v) is 3.93. The van der Waals surface area contributed by atoms with Crippen molar-refractivity contribution in [1.82, 2.24) is 0 Å². The SMILES string of the molecule is Cc1cc(Br)c(F)cc1NC1=NCC(C)S1. The normalized spacial score (nSPS) is 19.8. The lowest BCUT2D eigenvalue weighted by Gasteiger charge is -2.10. The monoisotopic (exact) mass is 302 g/mol. The standard InChI is InChI=1S/C11H12BrFN2S/c1-6-3-8(12)9(13)4-10(6)15-11-14-5-7(2)16-11/h3-4,7H,5H2,1-2H3,(H,14,15). The summed E-state index contributed by atoms with van der Waals surface area (Å²) in [4.78, 5) is 4.34. The van der Waals surface area contributed by atoms with Gasteiger partial charge >= 0.3 is 0 Å². The zero-order valence-electron chi connectivity index (χ0n) is 9.05. The fourth-order valence-corrected chi connectivity index (χ4v) is 2.75. The van der Waals surface area contributed by atoms with Gasteiger partial charge < -0.3 is 5.32 Å².